The highest BCUT2D eigenvalue weighted by Crippen LogP contribution is 2.31. The van der Waals surface area contributed by atoms with Crippen molar-refractivity contribution in [2.75, 3.05) is 6.61 Å². The molecular formula is C15H23NO. The Morgan fingerprint density at radius 2 is 2.12 bits per heavy atom. The normalized spacial score (nSPS) is 16.5. The van der Waals surface area contributed by atoms with Gasteiger partial charge < -0.3 is 10.5 Å². The minimum Gasteiger partial charge on any atom is -0.493 e. The first-order valence-electron chi connectivity index (χ1n) is 6.47. The molecule has 0 bridgehead atoms. The van der Waals surface area contributed by atoms with Gasteiger partial charge in [-0.05, 0) is 29.4 Å². The van der Waals surface area contributed by atoms with Crippen LogP contribution in [0.3, 0.4) is 0 Å². The molecule has 0 amide bonds. The third kappa shape index (κ3) is 2.81. The molecule has 1 aliphatic rings. The summed E-state index contributed by atoms with van der Waals surface area (Å²) >= 11 is 0. The Morgan fingerprint density at radius 1 is 1.35 bits per heavy atom. The Hall–Kier alpha value is -1.02. The molecule has 0 saturated heterocycles. The van der Waals surface area contributed by atoms with Crippen LogP contribution in [0, 0.1) is 5.41 Å². The summed E-state index contributed by atoms with van der Waals surface area (Å²) in [5.41, 5.74) is 9.06. The van der Waals surface area contributed by atoms with Crippen molar-refractivity contribution in [3.05, 3.63) is 29.3 Å². The first-order chi connectivity index (χ1) is 7.98. The standard InChI is InChI=1S/C15H23NO/c1-15(2,3)13(16)8-7-11-5-4-6-12-9-10-17-14(11)12/h4-6,13H,7-10,16H2,1-3H3. The molecule has 1 aromatic rings. The van der Waals surface area contributed by atoms with Gasteiger partial charge in [0, 0.05) is 12.5 Å². The lowest BCUT2D eigenvalue weighted by atomic mass is 9.84. The highest BCUT2D eigenvalue weighted by atomic mass is 16.5. The van der Waals surface area contributed by atoms with Gasteiger partial charge in [-0.15, -0.1) is 0 Å². The van der Waals surface area contributed by atoms with Crippen LogP contribution in [-0.4, -0.2) is 12.6 Å². The number of hydrogen-bond donors (Lipinski definition) is 1. The monoisotopic (exact) mass is 233 g/mol. The number of fused-ring (bicyclic) bond motifs is 1. The number of benzene rings is 1. The van der Waals surface area contributed by atoms with Gasteiger partial charge in [0.2, 0.25) is 0 Å². The van der Waals surface area contributed by atoms with Gasteiger partial charge in [-0.2, -0.15) is 0 Å². The number of ether oxygens (including phenoxy) is 1. The van der Waals surface area contributed by atoms with Gasteiger partial charge in [0.1, 0.15) is 5.75 Å². The fraction of sp³-hybridized carbons (Fsp3) is 0.600. The number of aryl methyl sites for hydroxylation is 1. The van der Waals surface area contributed by atoms with Gasteiger partial charge >= 0.3 is 0 Å². The molecule has 1 heterocycles. The van der Waals surface area contributed by atoms with Crippen LogP contribution >= 0.6 is 0 Å². The molecule has 0 radical (unpaired) electrons. The van der Waals surface area contributed by atoms with Crippen LogP contribution in [0.25, 0.3) is 0 Å². The molecule has 1 aromatic carbocycles. The van der Waals surface area contributed by atoms with Gasteiger partial charge in [0.25, 0.3) is 0 Å². The summed E-state index contributed by atoms with van der Waals surface area (Å²) < 4.78 is 5.71. The zero-order chi connectivity index (χ0) is 12.5. The van der Waals surface area contributed by atoms with Crippen LogP contribution in [0.5, 0.6) is 5.75 Å². The van der Waals surface area contributed by atoms with E-state index >= 15 is 0 Å². The molecule has 0 aliphatic carbocycles. The zero-order valence-corrected chi connectivity index (χ0v) is 11.1. The summed E-state index contributed by atoms with van der Waals surface area (Å²) in [6.45, 7) is 7.43. The van der Waals surface area contributed by atoms with E-state index in [0.717, 1.165) is 31.6 Å². The summed E-state index contributed by atoms with van der Waals surface area (Å²) in [7, 11) is 0. The first kappa shape index (κ1) is 12.4. The number of hydrogen-bond acceptors (Lipinski definition) is 2. The van der Waals surface area contributed by atoms with Crippen LogP contribution in [0.15, 0.2) is 18.2 Å². The Labute approximate surface area is 104 Å². The maximum Gasteiger partial charge on any atom is 0.125 e. The average molecular weight is 233 g/mol. The lowest BCUT2D eigenvalue weighted by Crippen LogP contribution is -2.35. The highest BCUT2D eigenvalue weighted by Gasteiger charge is 2.22. The third-order valence-electron chi connectivity index (χ3n) is 3.63. The summed E-state index contributed by atoms with van der Waals surface area (Å²) in [6.07, 6.45) is 3.08. The molecule has 1 unspecified atom stereocenters. The summed E-state index contributed by atoms with van der Waals surface area (Å²) in [6, 6.07) is 6.69. The van der Waals surface area contributed by atoms with Crippen molar-refractivity contribution in [1.82, 2.24) is 0 Å². The number of rotatable bonds is 3. The van der Waals surface area contributed by atoms with Gasteiger partial charge in [-0.3, -0.25) is 0 Å². The zero-order valence-electron chi connectivity index (χ0n) is 11.1. The molecule has 0 fully saturated rings. The average Bonchev–Trinajstić information content (AvgIpc) is 2.72. The lowest BCUT2D eigenvalue weighted by Gasteiger charge is -2.27. The van der Waals surface area contributed by atoms with E-state index in [-0.39, 0.29) is 11.5 Å². The molecule has 2 N–H and O–H groups in total. The van der Waals surface area contributed by atoms with Crippen LogP contribution in [0.2, 0.25) is 0 Å². The minimum atomic E-state index is 0.179. The van der Waals surface area contributed by atoms with E-state index in [0.29, 0.717) is 0 Å². The van der Waals surface area contributed by atoms with E-state index in [1.807, 2.05) is 0 Å². The molecule has 1 atom stereocenters. The maximum absolute atomic E-state index is 6.20. The molecular weight excluding hydrogens is 210 g/mol. The summed E-state index contributed by atoms with van der Waals surface area (Å²) in [5, 5.41) is 0. The minimum absolute atomic E-state index is 0.179. The van der Waals surface area contributed by atoms with Crippen molar-refractivity contribution in [1.29, 1.82) is 0 Å². The Bertz CT molecular complexity index is 392. The molecule has 0 spiro atoms. The fourth-order valence-corrected chi connectivity index (χ4v) is 2.22. The second-order valence-electron chi connectivity index (χ2n) is 6.02. The van der Waals surface area contributed by atoms with E-state index in [2.05, 4.69) is 39.0 Å². The summed E-state index contributed by atoms with van der Waals surface area (Å²) in [4.78, 5) is 0. The van der Waals surface area contributed by atoms with E-state index in [4.69, 9.17) is 10.5 Å². The van der Waals surface area contributed by atoms with Gasteiger partial charge in [0.05, 0.1) is 6.61 Å². The Balaban J connectivity index is 2.03. The van der Waals surface area contributed by atoms with Crippen molar-refractivity contribution < 1.29 is 4.74 Å². The first-order valence-corrected chi connectivity index (χ1v) is 6.47. The predicted molar refractivity (Wildman–Crippen MR) is 71.4 cm³/mol. The Morgan fingerprint density at radius 3 is 2.82 bits per heavy atom. The highest BCUT2D eigenvalue weighted by molar-refractivity contribution is 5.44. The molecule has 0 aromatic heterocycles. The topological polar surface area (TPSA) is 35.2 Å². The molecule has 2 rings (SSSR count). The second kappa shape index (κ2) is 4.69. The van der Waals surface area contributed by atoms with E-state index in [1.165, 1.54) is 11.1 Å². The Kier molecular flexibility index (Phi) is 3.43. The van der Waals surface area contributed by atoms with Crippen molar-refractivity contribution in [3.63, 3.8) is 0 Å². The smallest absolute Gasteiger partial charge is 0.125 e. The van der Waals surface area contributed by atoms with Crippen LogP contribution in [0.1, 0.15) is 38.3 Å². The predicted octanol–water partition coefficient (Wildman–Crippen LogP) is 2.93. The third-order valence-corrected chi connectivity index (χ3v) is 3.63. The molecule has 17 heavy (non-hydrogen) atoms. The van der Waals surface area contributed by atoms with Crippen molar-refractivity contribution in [2.24, 2.45) is 11.1 Å². The molecule has 2 heteroatoms. The number of nitrogens with two attached hydrogens (primary N) is 1. The second-order valence-corrected chi connectivity index (χ2v) is 6.02. The summed E-state index contributed by atoms with van der Waals surface area (Å²) in [5.74, 6) is 1.12. The van der Waals surface area contributed by atoms with Gasteiger partial charge in [0.15, 0.2) is 0 Å². The van der Waals surface area contributed by atoms with Crippen molar-refractivity contribution in [2.45, 2.75) is 46.1 Å². The SMILES string of the molecule is CC(C)(C)C(N)CCc1cccc2c1OCC2. The van der Waals surface area contributed by atoms with Gasteiger partial charge in [-0.25, -0.2) is 0 Å². The van der Waals surface area contributed by atoms with Gasteiger partial charge in [-0.1, -0.05) is 39.0 Å². The molecule has 1 aliphatic heterocycles. The maximum atomic E-state index is 6.20. The van der Waals surface area contributed by atoms with Crippen LogP contribution in [0.4, 0.5) is 0 Å². The van der Waals surface area contributed by atoms with Crippen molar-refractivity contribution in [3.8, 4) is 5.75 Å². The number of para-hydroxylation sites is 1. The lowest BCUT2D eigenvalue weighted by molar-refractivity contribution is 0.303. The van der Waals surface area contributed by atoms with Crippen molar-refractivity contribution >= 4 is 0 Å². The molecule has 94 valence electrons. The fourth-order valence-electron chi connectivity index (χ4n) is 2.22. The van der Waals surface area contributed by atoms with E-state index in [9.17, 15) is 0 Å². The quantitative estimate of drug-likeness (QED) is 0.871. The molecule has 2 nitrogen and oxygen atoms in total. The van der Waals surface area contributed by atoms with E-state index in [1.54, 1.807) is 0 Å². The van der Waals surface area contributed by atoms with Crippen LogP contribution in [-0.2, 0) is 12.8 Å². The molecule has 0 saturated carbocycles. The van der Waals surface area contributed by atoms with E-state index < -0.39 is 0 Å². The largest absolute Gasteiger partial charge is 0.493 e. The van der Waals surface area contributed by atoms with Crippen LogP contribution < -0.4 is 10.5 Å².